The van der Waals surface area contributed by atoms with Gasteiger partial charge in [-0.3, -0.25) is 4.99 Å². The third-order valence-electron chi connectivity index (χ3n) is 2.63. The van der Waals surface area contributed by atoms with E-state index in [0.717, 1.165) is 5.92 Å². The summed E-state index contributed by atoms with van der Waals surface area (Å²) in [6.45, 7) is 0. The lowest BCUT2D eigenvalue weighted by Gasteiger charge is -1.92. The minimum Gasteiger partial charge on any atom is -0.277 e. The van der Waals surface area contributed by atoms with Crippen LogP contribution in [0.1, 0.15) is 18.4 Å². The lowest BCUT2D eigenvalue weighted by molar-refractivity contribution is 0.835. The van der Waals surface area contributed by atoms with Gasteiger partial charge in [-0.05, 0) is 24.3 Å². The van der Waals surface area contributed by atoms with Crippen LogP contribution in [0.3, 0.4) is 0 Å². The van der Waals surface area contributed by atoms with Crippen LogP contribution in [0.25, 0.3) is 0 Å². The first-order valence-electron chi connectivity index (χ1n) is 4.58. The Bertz CT molecular complexity index is 322. The van der Waals surface area contributed by atoms with Gasteiger partial charge < -0.3 is 0 Å². The fourth-order valence-electron chi connectivity index (χ4n) is 1.71. The first kappa shape index (κ1) is 6.41. The molecule has 1 nitrogen and oxygen atoms in total. The van der Waals surface area contributed by atoms with E-state index >= 15 is 0 Å². The molecule has 0 saturated heterocycles. The summed E-state index contributed by atoms with van der Waals surface area (Å²) in [5, 5.41) is 0. The second-order valence-corrected chi connectivity index (χ2v) is 3.66. The highest BCUT2D eigenvalue weighted by Gasteiger charge is 2.42. The fraction of sp³-hybridized carbons (Fsp3) is 0.364. The molecular formula is C11H11N. The van der Waals surface area contributed by atoms with Gasteiger partial charge in [0, 0.05) is 0 Å². The van der Waals surface area contributed by atoms with Crippen LogP contribution in [0.15, 0.2) is 35.3 Å². The van der Waals surface area contributed by atoms with Crippen LogP contribution in [-0.4, -0.2) is 11.8 Å². The fourth-order valence-corrected chi connectivity index (χ4v) is 1.71. The number of hydrogen-bond donors (Lipinski definition) is 0. The molecule has 1 heterocycles. The molecule has 1 unspecified atom stereocenters. The summed E-state index contributed by atoms with van der Waals surface area (Å²) in [6, 6.07) is 11.1. The van der Waals surface area contributed by atoms with Gasteiger partial charge in [0.2, 0.25) is 0 Å². The van der Waals surface area contributed by atoms with Gasteiger partial charge in [0.05, 0.1) is 11.8 Å². The van der Waals surface area contributed by atoms with Gasteiger partial charge in [0.1, 0.15) is 0 Å². The lowest BCUT2D eigenvalue weighted by atomic mass is 10.1. The Kier molecular flexibility index (Phi) is 1.17. The minimum absolute atomic E-state index is 0.604. The average molecular weight is 157 g/mol. The number of benzene rings is 1. The molecule has 1 fully saturated rings. The van der Waals surface area contributed by atoms with E-state index in [1.807, 2.05) is 0 Å². The summed E-state index contributed by atoms with van der Waals surface area (Å²) < 4.78 is 0. The maximum Gasteiger partial charge on any atom is 0.0953 e. The van der Waals surface area contributed by atoms with Crippen molar-refractivity contribution in [3.05, 3.63) is 35.9 Å². The molecule has 0 spiro atoms. The molecule has 1 saturated carbocycles. The quantitative estimate of drug-likeness (QED) is 0.624. The molecule has 12 heavy (non-hydrogen) atoms. The van der Waals surface area contributed by atoms with E-state index in [-0.39, 0.29) is 0 Å². The monoisotopic (exact) mass is 157 g/mol. The van der Waals surface area contributed by atoms with E-state index in [9.17, 15) is 0 Å². The molecule has 3 rings (SSSR count). The number of aliphatic imine (C=N–C) groups is 1. The van der Waals surface area contributed by atoms with Crippen LogP contribution in [0.5, 0.6) is 0 Å². The number of rotatable bonds is 2. The summed E-state index contributed by atoms with van der Waals surface area (Å²) in [7, 11) is 0. The molecule has 1 aliphatic carbocycles. The molecular weight excluding hydrogens is 146 g/mol. The van der Waals surface area contributed by atoms with Crippen LogP contribution >= 0.6 is 0 Å². The number of hydrogen-bond acceptors (Lipinski definition) is 1. The summed E-state index contributed by atoms with van der Waals surface area (Å²) in [5.41, 5.74) is 2.67. The van der Waals surface area contributed by atoms with Crippen molar-refractivity contribution in [3.63, 3.8) is 0 Å². The predicted molar refractivity (Wildman–Crippen MR) is 49.5 cm³/mol. The second-order valence-electron chi connectivity index (χ2n) is 3.66. The summed E-state index contributed by atoms with van der Waals surface area (Å²) in [5.74, 6) is 0.903. The smallest absolute Gasteiger partial charge is 0.0953 e. The van der Waals surface area contributed by atoms with Gasteiger partial charge in [0.15, 0.2) is 0 Å². The first-order chi connectivity index (χ1) is 5.95. The zero-order valence-electron chi connectivity index (χ0n) is 6.90. The Morgan fingerprint density at radius 3 is 2.50 bits per heavy atom. The van der Waals surface area contributed by atoms with Gasteiger partial charge in [-0.1, -0.05) is 30.3 Å². The topological polar surface area (TPSA) is 12.4 Å². The molecule has 0 aromatic heterocycles. The molecule has 60 valence electrons. The zero-order valence-corrected chi connectivity index (χ0v) is 6.90. The molecule has 1 aromatic carbocycles. The van der Waals surface area contributed by atoms with Crippen molar-refractivity contribution in [1.29, 1.82) is 0 Å². The Hall–Kier alpha value is -1.11. The summed E-state index contributed by atoms with van der Waals surface area (Å²) >= 11 is 0. The van der Waals surface area contributed by atoms with Crippen molar-refractivity contribution in [1.82, 2.24) is 0 Å². The maximum atomic E-state index is 4.50. The molecule has 1 atom stereocenters. The molecule has 0 N–H and O–H groups in total. The van der Waals surface area contributed by atoms with Gasteiger partial charge >= 0.3 is 0 Å². The van der Waals surface area contributed by atoms with Crippen molar-refractivity contribution in [2.45, 2.75) is 18.9 Å². The third kappa shape index (κ3) is 0.970. The van der Waals surface area contributed by atoms with Crippen LogP contribution in [-0.2, 0) is 0 Å². The van der Waals surface area contributed by atoms with Gasteiger partial charge in [-0.2, -0.15) is 0 Å². The van der Waals surface area contributed by atoms with Crippen LogP contribution < -0.4 is 0 Å². The zero-order chi connectivity index (χ0) is 7.97. The molecule has 0 radical (unpaired) electrons. The van der Waals surface area contributed by atoms with Gasteiger partial charge in [-0.15, -0.1) is 0 Å². The van der Waals surface area contributed by atoms with Crippen LogP contribution in [0, 0.1) is 5.92 Å². The molecule has 1 heteroatoms. The Balaban J connectivity index is 1.80. The SMILES string of the molecule is c1ccc(C2=NC2C2CC2)cc1. The predicted octanol–water partition coefficient (Wildman–Crippen LogP) is 2.27. The highest BCUT2D eigenvalue weighted by atomic mass is 15.0. The van der Waals surface area contributed by atoms with E-state index in [4.69, 9.17) is 0 Å². The average Bonchev–Trinajstić information content (AvgIpc) is 2.99. The molecule has 0 amide bonds. The Morgan fingerprint density at radius 1 is 1.08 bits per heavy atom. The highest BCUT2D eigenvalue weighted by molar-refractivity contribution is 6.13. The Labute approximate surface area is 72.1 Å². The van der Waals surface area contributed by atoms with E-state index in [2.05, 4.69) is 35.3 Å². The van der Waals surface area contributed by atoms with Gasteiger partial charge in [-0.25, -0.2) is 0 Å². The number of nitrogens with zero attached hydrogens (tertiary/aromatic N) is 1. The highest BCUT2D eigenvalue weighted by Crippen LogP contribution is 2.41. The van der Waals surface area contributed by atoms with E-state index < -0.39 is 0 Å². The van der Waals surface area contributed by atoms with Crippen molar-refractivity contribution in [2.24, 2.45) is 10.9 Å². The molecule has 2 aliphatic rings. The van der Waals surface area contributed by atoms with E-state index in [1.54, 1.807) is 0 Å². The van der Waals surface area contributed by atoms with Crippen LogP contribution in [0.2, 0.25) is 0 Å². The minimum atomic E-state index is 0.604. The van der Waals surface area contributed by atoms with Crippen molar-refractivity contribution in [3.8, 4) is 0 Å². The van der Waals surface area contributed by atoms with E-state index in [1.165, 1.54) is 24.1 Å². The third-order valence-corrected chi connectivity index (χ3v) is 2.63. The van der Waals surface area contributed by atoms with E-state index in [0.29, 0.717) is 6.04 Å². The van der Waals surface area contributed by atoms with Crippen LogP contribution in [0.4, 0.5) is 0 Å². The lowest BCUT2D eigenvalue weighted by Crippen LogP contribution is -2.00. The van der Waals surface area contributed by atoms with Crippen molar-refractivity contribution >= 4 is 5.71 Å². The largest absolute Gasteiger partial charge is 0.277 e. The van der Waals surface area contributed by atoms with Gasteiger partial charge in [0.25, 0.3) is 0 Å². The molecule has 1 aliphatic heterocycles. The first-order valence-corrected chi connectivity index (χ1v) is 4.58. The molecule has 0 bridgehead atoms. The maximum absolute atomic E-state index is 4.50. The van der Waals surface area contributed by atoms with Crippen molar-refractivity contribution < 1.29 is 0 Å². The Morgan fingerprint density at radius 2 is 1.83 bits per heavy atom. The summed E-state index contributed by atoms with van der Waals surface area (Å²) in [6.07, 6.45) is 2.79. The standard InChI is InChI=1S/C11H11N/c1-2-4-8(5-3-1)10-11(12-10)9-6-7-9/h1-5,9,11H,6-7H2. The second kappa shape index (κ2) is 2.19. The van der Waals surface area contributed by atoms with Crippen molar-refractivity contribution in [2.75, 3.05) is 0 Å². The molecule has 1 aromatic rings. The summed E-state index contributed by atoms with van der Waals surface area (Å²) in [4.78, 5) is 4.50. The normalized spacial score (nSPS) is 26.7.